The molecule has 0 amide bonds. The molecule has 4 bridgehead atoms. The van der Waals surface area contributed by atoms with Crippen molar-refractivity contribution >= 4 is 17.9 Å². The molecule has 0 aromatic carbocycles. The van der Waals surface area contributed by atoms with Gasteiger partial charge in [-0.25, -0.2) is 4.79 Å². The molecule has 5 saturated carbocycles. The standard InChI is InChI=1S/C23H32O6/c1-3-22(6-4-5-7-22)29-19(25)15(2)8-18(24)28-23-12-16-9-17(13-23)11-21(10-16,14-23)20(26)27/h16-17H,2-14H2,1H3,(H,26,27)/p-1. The molecule has 6 nitrogen and oxygen atoms in total. The highest BCUT2D eigenvalue weighted by molar-refractivity contribution is 5.93. The van der Waals surface area contributed by atoms with E-state index in [1.807, 2.05) is 6.92 Å². The Balaban J connectivity index is 1.38. The topological polar surface area (TPSA) is 92.7 Å². The lowest BCUT2D eigenvalue weighted by molar-refractivity contribution is -0.331. The molecule has 5 aliphatic rings. The average molecular weight is 403 g/mol. The minimum Gasteiger partial charge on any atom is -0.550 e. The molecule has 5 fully saturated rings. The zero-order chi connectivity index (χ0) is 20.9. The number of carbonyl (C=O) groups is 3. The second-order valence-corrected chi connectivity index (χ2v) is 10.1. The van der Waals surface area contributed by atoms with Crippen LogP contribution < -0.4 is 5.11 Å². The van der Waals surface area contributed by atoms with Gasteiger partial charge in [-0.15, -0.1) is 0 Å². The largest absolute Gasteiger partial charge is 0.550 e. The summed E-state index contributed by atoms with van der Waals surface area (Å²) in [6.45, 7) is 5.77. The zero-order valence-corrected chi connectivity index (χ0v) is 17.3. The molecular weight excluding hydrogens is 372 g/mol. The van der Waals surface area contributed by atoms with E-state index in [1.54, 1.807) is 0 Å². The van der Waals surface area contributed by atoms with Crippen LogP contribution in [-0.4, -0.2) is 29.1 Å². The maximum absolute atomic E-state index is 12.6. The van der Waals surface area contributed by atoms with Crippen LogP contribution in [0.2, 0.25) is 0 Å². The molecule has 5 rings (SSSR count). The number of hydrogen-bond acceptors (Lipinski definition) is 6. The van der Waals surface area contributed by atoms with Crippen molar-refractivity contribution in [1.29, 1.82) is 0 Å². The Morgan fingerprint density at radius 3 is 2.21 bits per heavy atom. The van der Waals surface area contributed by atoms with Gasteiger partial charge in [0.25, 0.3) is 0 Å². The maximum Gasteiger partial charge on any atom is 0.334 e. The summed E-state index contributed by atoms with van der Waals surface area (Å²) in [5, 5.41) is 11.8. The van der Waals surface area contributed by atoms with Gasteiger partial charge in [-0.3, -0.25) is 4.79 Å². The van der Waals surface area contributed by atoms with E-state index in [2.05, 4.69) is 6.58 Å². The van der Waals surface area contributed by atoms with Crippen molar-refractivity contribution in [1.82, 2.24) is 0 Å². The van der Waals surface area contributed by atoms with E-state index >= 15 is 0 Å². The monoisotopic (exact) mass is 403 g/mol. The van der Waals surface area contributed by atoms with Crippen LogP contribution in [0, 0.1) is 17.3 Å². The summed E-state index contributed by atoms with van der Waals surface area (Å²) in [4.78, 5) is 37.0. The first kappa shape index (κ1) is 20.4. The van der Waals surface area contributed by atoms with Gasteiger partial charge in [-0.2, -0.15) is 0 Å². The lowest BCUT2D eigenvalue weighted by atomic mass is 9.48. The molecule has 0 saturated heterocycles. The molecule has 0 heterocycles. The van der Waals surface area contributed by atoms with Crippen LogP contribution in [0.4, 0.5) is 0 Å². The second kappa shape index (κ2) is 7.13. The highest BCUT2D eigenvalue weighted by atomic mass is 16.6. The normalized spacial score (nSPS) is 36.6. The van der Waals surface area contributed by atoms with Crippen molar-refractivity contribution < 1.29 is 29.0 Å². The smallest absolute Gasteiger partial charge is 0.334 e. The van der Waals surface area contributed by atoms with Crippen LogP contribution >= 0.6 is 0 Å². The van der Waals surface area contributed by atoms with Crippen LogP contribution in [0.15, 0.2) is 12.2 Å². The Kier molecular flexibility index (Phi) is 5.02. The van der Waals surface area contributed by atoms with Crippen LogP contribution in [-0.2, 0) is 23.9 Å². The molecule has 2 atom stereocenters. The van der Waals surface area contributed by atoms with Gasteiger partial charge in [0.1, 0.15) is 11.2 Å². The highest BCUT2D eigenvalue weighted by Crippen LogP contribution is 2.62. The summed E-state index contributed by atoms with van der Waals surface area (Å²) >= 11 is 0. The predicted molar refractivity (Wildman–Crippen MR) is 102 cm³/mol. The lowest BCUT2D eigenvalue weighted by Crippen LogP contribution is -2.62. The molecule has 5 aliphatic carbocycles. The molecule has 2 unspecified atom stereocenters. The Morgan fingerprint density at radius 2 is 1.66 bits per heavy atom. The van der Waals surface area contributed by atoms with E-state index in [-0.39, 0.29) is 23.8 Å². The molecule has 0 N–H and O–H groups in total. The molecule has 0 aromatic heterocycles. The van der Waals surface area contributed by atoms with Gasteiger partial charge < -0.3 is 19.4 Å². The fourth-order valence-electron chi connectivity index (χ4n) is 6.88. The summed E-state index contributed by atoms with van der Waals surface area (Å²) in [5.74, 6) is -1.52. The Hall–Kier alpha value is -1.85. The number of carboxylic acid groups (broad SMARTS) is 1. The van der Waals surface area contributed by atoms with Gasteiger partial charge in [0.05, 0.1) is 6.42 Å². The van der Waals surface area contributed by atoms with Crippen LogP contribution in [0.1, 0.15) is 84.0 Å². The van der Waals surface area contributed by atoms with E-state index < -0.39 is 34.5 Å². The van der Waals surface area contributed by atoms with Gasteiger partial charge in [-0.05, 0) is 82.5 Å². The molecule has 0 aromatic rings. The number of ether oxygens (including phenoxy) is 2. The number of aliphatic carboxylic acids is 1. The summed E-state index contributed by atoms with van der Waals surface area (Å²) in [5.41, 5.74) is -1.92. The van der Waals surface area contributed by atoms with Crippen molar-refractivity contribution in [2.75, 3.05) is 0 Å². The van der Waals surface area contributed by atoms with Crippen LogP contribution in [0.3, 0.4) is 0 Å². The van der Waals surface area contributed by atoms with Crippen molar-refractivity contribution in [2.24, 2.45) is 17.3 Å². The number of esters is 2. The Bertz CT molecular complexity index is 718. The highest BCUT2D eigenvalue weighted by Gasteiger charge is 2.60. The number of hydrogen-bond donors (Lipinski definition) is 0. The number of rotatable bonds is 7. The van der Waals surface area contributed by atoms with Gasteiger partial charge in [0.2, 0.25) is 0 Å². The van der Waals surface area contributed by atoms with E-state index in [0.717, 1.165) is 38.5 Å². The third-order valence-electron chi connectivity index (χ3n) is 7.89. The van der Waals surface area contributed by atoms with Gasteiger partial charge >= 0.3 is 11.9 Å². The van der Waals surface area contributed by atoms with E-state index in [9.17, 15) is 19.5 Å². The average Bonchev–Trinajstić information content (AvgIpc) is 3.08. The maximum atomic E-state index is 12.6. The molecule has 0 radical (unpaired) electrons. The third-order valence-corrected chi connectivity index (χ3v) is 7.89. The summed E-state index contributed by atoms with van der Waals surface area (Å²) in [6, 6.07) is 0. The van der Waals surface area contributed by atoms with Crippen molar-refractivity contribution in [3.05, 3.63) is 12.2 Å². The van der Waals surface area contributed by atoms with E-state index in [1.165, 1.54) is 0 Å². The quantitative estimate of drug-likeness (QED) is 0.479. The first-order chi connectivity index (χ1) is 13.7. The van der Waals surface area contributed by atoms with Crippen LogP contribution in [0.5, 0.6) is 0 Å². The summed E-state index contributed by atoms with van der Waals surface area (Å²) in [6.07, 6.45) is 8.34. The molecule has 6 heteroatoms. The first-order valence-electron chi connectivity index (χ1n) is 11.0. The molecule has 160 valence electrons. The zero-order valence-electron chi connectivity index (χ0n) is 17.3. The summed E-state index contributed by atoms with van der Waals surface area (Å²) in [7, 11) is 0. The SMILES string of the molecule is C=C(CC(=O)OC12CC3CC(C1)CC(C(=O)[O-])(C3)C2)C(=O)OC1(CC)CCCC1. The van der Waals surface area contributed by atoms with Crippen molar-refractivity contribution in [3.63, 3.8) is 0 Å². The molecular formula is C23H31O6-. The lowest BCUT2D eigenvalue weighted by Gasteiger charge is -2.61. The van der Waals surface area contributed by atoms with Crippen molar-refractivity contribution in [2.45, 2.75) is 95.2 Å². The Morgan fingerprint density at radius 1 is 1.03 bits per heavy atom. The van der Waals surface area contributed by atoms with Crippen LogP contribution in [0.25, 0.3) is 0 Å². The third kappa shape index (κ3) is 3.71. The fourth-order valence-corrected chi connectivity index (χ4v) is 6.88. The van der Waals surface area contributed by atoms with Gasteiger partial charge in [0.15, 0.2) is 0 Å². The van der Waals surface area contributed by atoms with Gasteiger partial charge in [-0.1, -0.05) is 13.5 Å². The number of carboxylic acids is 1. The Labute approximate surface area is 172 Å². The minimum atomic E-state index is -1.01. The molecule has 0 spiro atoms. The molecule has 0 aliphatic heterocycles. The second-order valence-electron chi connectivity index (χ2n) is 10.1. The fraction of sp³-hybridized carbons (Fsp3) is 0.783. The predicted octanol–water partition coefficient (Wildman–Crippen LogP) is 2.83. The first-order valence-corrected chi connectivity index (χ1v) is 11.0. The van der Waals surface area contributed by atoms with Crippen molar-refractivity contribution in [3.8, 4) is 0 Å². The number of carbonyl (C=O) groups excluding carboxylic acids is 3. The summed E-state index contributed by atoms with van der Waals surface area (Å²) < 4.78 is 11.6. The van der Waals surface area contributed by atoms with E-state index in [4.69, 9.17) is 9.47 Å². The van der Waals surface area contributed by atoms with Gasteiger partial charge in [0, 0.05) is 17.0 Å². The minimum absolute atomic E-state index is 0.106. The van der Waals surface area contributed by atoms with E-state index in [0.29, 0.717) is 32.1 Å². The molecule has 29 heavy (non-hydrogen) atoms.